The Kier molecular flexibility index (Phi) is 34.7. The quantitative estimate of drug-likeness (QED) is 0.0111. The van der Waals surface area contributed by atoms with Crippen molar-refractivity contribution in [2.24, 2.45) is 0 Å². The number of halogens is 18. The van der Waals surface area contributed by atoms with Crippen LogP contribution in [0, 0.1) is 0 Å². The fourth-order valence-corrected chi connectivity index (χ4v) is 12.3. The standard InChI is InChI=1S/C17H13F3N2O4S.C16H11F3N2O4S.C15H12F3NO5S.C8H9NO3.C7H4ClF3O2S.CH2Cl2.BBr3/c1-25-12-5-6-15(14(10-12)16-21-7-8-26-16)22-27(23,24)13-4-2-3-11(9-13)17(18,19)20;17-16(18,19)10-2-1-3-12(8-10)26(23,24)21-14-5-4-11(22)9-13(14)15-20-6-7-25-15;1-24-10-5-6-13(12(8-10)14(20)21)19-25(22,23)11-4-2-3-9(7-11)15(16,17)18;1-12-5-2-3-7(9)6(4-5)8(10)11;8-14(12,13)6-3-1-2-5(4-6)7(9,10)11;2-1-3;2-1(3)4/h2-10,22H,1H3;1-9,21-22H;2-8,19H,1H3,(H,20,21);2-4H,9H2,1H3,(H,10,11);1-4H;1H2;. The lowest BCUT2D eigenvalue weighted by atomic mass is 10.1. The highest BCUT2D eigenvalue weighted by Crippen LogP contribution is 2.38. The number of carbonyl (C=O) groups is 2. The molecule has 47 heteroatoms. The number of phenols is 1. The minimum absolute atomic E-state index is 0.0114. The number of nitrogens with zero attached hydrogens (tertiary/aromatic N) is 2. The number of hydrogen-bond acceptors (Lipinski definition) is 19. The Hall–Kier alpha value is -9.15. The second-order valence-corrected chi connectivity index (χ2v) is 35.4. The number of anilines is 4. The number of carboxylic acids is 2. The normalized spacial score (nSPS) is 11.5. The number of phenolic OH excluding ortho intramolecular Hbond substituents is 1. The summed E-state index contributed by atoms with van der Waals surface area (Å²) in [4.78, 5) is 27.4. The van der Waals surface area contributed by atoms with Gasteiger partial charge in [0.25, 0.3) is 39.1 Å². The lowest BCUT2D eigenvalue weighted by molar-refractivity contribution is -0.138. The number of nitrogen functional groups attached to an aromatic ring is 1. The van der Waals surface area contributed by atoms with E-state index in [1.807, 2.05) is 4.72 Å². The van der Waals surface area contributed by atoms with Gasteiger partial charge in [0, 0.05) is 16.4 Å². The number of aromatic carboxylic acids is 2. The molecule has 111 heavy (non-hydrogen) atoms. The fraction of sp³-hybridized carbons (Fsp3) is 0.125. The Labute approximate surface area is 662 Å². The molecule has 0 aliphatic rings. The lowest BCUT2D eigenvalue weighted by Crippen LogP contribution is -2.16. The number of ether oxygens (including phenoxy) is 3. The van der Waals surface area contributed by atoms with Crippen molar-refractivity contribution in [3.63, 3.8) is 0 Å². The number of hydrogen-bond donors (Lipinski definition) is 7. The Bertz CT molecular complexity index is 5290. The molecule has 2 heterocycles. The Morgan fingerprint density at radius 3 is 1.09 bits per heavy atom. The van der Waals surface area contributed by atoms with Crippen LogP contribution < -0.4 is 34.1 Å². The van der Waals surface area contributed by atoms with Crippen LogP contribution in [0.1, 0.15) is 43.0 Å². The number of nitrogens with two attached hydrogens (primary N) is 1. The van der Waals surface area contributed by atoms with E-state index in [2.05, 4.69) is 66.7 Å². The Morgan fingerprint density at radius 1 is 0.468 bits per heavy atom. The van der Waals surface area contributed by atoms with Gasteiger partial charge in [0.05, 0.1) is 120 Å². The van der Waals surface area contributed by atoms with Crippen LogP contribution in [0.15, 0.2) is 223 Å². The molecule has 0 aliphatic carbocycles. The van der Waals surface area contributed by atoms with Gasteiger partial charge in [-0.05, 0) is 146 Å². The summed E-state index contributed by atoms with van der Waals surface area (Å²) in [6, 6.07) is 29.3. The highest BCUT2D eigenvalue weighted by molar-refractivity contribution is 9.69. The first-order chi connectivity index (χ1) is 51.4. The number of carboxylic acid groups (broad SMARTS) is 2. The van der Waals surface area contributed by atoms with Crippen LogP contribution in [0.5, 0.6) is 23.0 Å². The van der Waals surface area contributed by atoms with Crippen LogP contribution in [-0.4, -0.2) is 101 Å². The van der Waals surface area contributed by atoms with Crippen LogP contribution in [-0.2, 0) is 63.8 Å². The van der Waals surface area contributed by atoms with Gasteiger partial charge in [-0.15, -0.1) is 70.5 Å². The van der Waals surface area contributed by atoms with E-state index in [9.17, 15) is 101 Å². The zero-order chi connectivity index (χ0) is 83.8. The molecule has 0 radical (unpaired) electrons. The summed E-state index contributed by atoms with van der Waals surface area (Å²) in [5.74, 6) is -1.41. The monoisotopic (exact) mass is 1900 g/mol. The van der Waals surface area contributed by atoms with Crippen molar-refractivity contribution >= 4 is 158 Å². The highest BCUT2D eigenvalue weighted by Gasteiger charge is 2.36. The Morgan fingerprint density at radius 2 is 0.766 bits per heavy atom. The first-order valence-electron chi connectivity index (χ1n) is 29.1. The molecule has 8 aromatic carbocycles. The molecule has 10 aromatic rings. The van der Waals surface area contributed by atoms with E-state index in [1.165, 1.54) is 101 Å². The number of rotatable bonds is 17. The molecule has 0 saturated carbocycles. The zero-order valence-electron chi connectivity index (χ0n) is 55.6. The number of alkyl halides is 14. The van der Waals surface area contributed by atoms with Crippen molar-refractivity contribution in [1.82, 2.24) is 9.97 Å². The number of aromatic hydroxyl groups is 1. The van der Waals surface area contributed by atoms with Crippen LogP contribution in [0.3, 0.4) is 0 Å². The summed E-state index contributed by atoms with van der Waals surface area (Å²) in [6.07, 6.45) is -13.4. The summed E-state index contributed by atoms with van der Waals surface area (Å²) >= 11 is 18.8. The first kappa shape index (κ1) is 94.2. The van der Waals surface area contributed by atoms with Gasteiger partial charge in [0.15, 0.2) is 0 Å². The van der Waals surface area contributed by atoms with Crippen LogP contribution in [0.2, 0.25) is 0 Å². The molecule has 598 valence electrons. The summed E-state index contributed by atoms with van der Waals surface area (Å²) in [5, 5.41) is 27.6. The highest BCUT2D eigenvalue weighted by atomic mass is 79.9. The van der Waals surface area contributed by atoms with Crippen molar-refractivity contribution in [3.05, 3.63) is 228 Å². The summed E-state index contributed by atoms with van der Waals surface area (Å²) in [6.45, 7) is 0. The number of aromatic nitrogens is 2. The molecule has 8 N–H and O–H groups in total. The topological polar surface area (TPSA) is 373 Å². The zero-order valence-corrected chi connectivity index (χ0v) is 65.9. The lowest BCUT2D eigenvalue weighted by Gasteiger charge is -2.13. The number of oxazole rings is 2. The van der Waals surface area contributed by atoms with Gasteiger partial charge in [-0.3, -0.25) is 14.2 Å². The molecule has 0 aliphatic heterocycles. The summed E-state index contributed by atoms with van der Waals surface area (Å²) < 4.78 is 280. The summed E-state index contributed by atoms with van der Waals surface area (Å²) in [7, 11) is -8.07. The largest absolute Gasteiger partial charge is 0.508 e. The average molecular weight is 1910 g/mol. The second kappa shape index (κ2) is 40.9. The van der Waals surface area contributed by atoms with Crippen LogP contribution in [0.4, 0.5) is 75.4 Å². The molecule has 0 fully saturated rings. The molecule has 0 atom stereocenters. The van der Waals surface area contributed by atoms with E-state index in [4.69, 9.17) is 72.9 Å². The second-order valence-electron chi connectivity index (χ2n) is 20.5. The van der Waals surface area contributed by atoms with E-state index in [0.717, 1.165) is 84.9 Å². The van der Waals surface area contributed by atoms with Gasteiger partial charge in [-0.2, -0.15) is 52.7 Å². The third-order valence-electron chi connectivity index (χ3n) is 13.1. The molecule has 10 rings (SSSR count). The minimum Gasteiger partial charge on any atom is -0.508 e. The van der Waals surface area contributed by atoms with Gasteiger partial charge in [-0.1, -0.05) is 24.3 Å². The molecular formula is C64H51BBr3Cl3F12N6O18S4. The van der Waals surface area contributed by atoms with Gasteiger partial charge < -0.3 is 44.1 Å². The van der Waals surface area contributed by atoms with E-state index in [-0.39, 0.29) is 71.2 Å². The van der Waals surface area contributed by atoms with E-state index >= 15 is 0 Å². The van der Waals surface area contributed by atoms with E-state index in [1.54, 1.807) is 6.07 Å². The van der Waals surface area contributed by atoms with E-state index < -0.39 is 123 Å². The number of methoxy groups -OCH3 is 3. The number of sulfonamides is 3. The minimum atomic E-state index is -4.71. The van der Waals surface area contributed by atoms with Gasteiger partial charge >= 0.3 is 39.8 Å². The van der Waals surface area contributed by atoms with E-state index in [0.29, 0.717) is 35.8 Å². The maximum absolute atomic E-state index is 12.9. The maximum atomic E-state index is 12.9. The number of benzene rings is 8. The van der Waals surface area contributed by atoms with Crippen LogP contribution >= 0.6 is 81.2 Å². The molecule has 0 saturated heterocycles. The van der Waals surface area contributed by atoms with Crippen molar-refractivity contribution < 1.29 is 134 Å². The smallest absolute Gasteiger partial charge is 0.416 e. The van der Waals surface area contributed by atoms with Gasteiger partial charge in [-0.25, -0.2) is 53.2 Å². The third-order valence-corrected chi connectivity index (χ3v) is 18.5. The molecule has 0 unspecified atom stereocenters. The SMILES string of the molecule is BrB(Br)Br.COc1ccc(N)c(C(=O)O)c1.COc1ccc(NS(=O)(=O)c2cccc(C(F)(F)F)c2)c(-c2ncco2)c1.COc1ccc(NS(=O)(=O)c2cccc(C(F)(F)F)c2)c(C(=O)O)c1.ClCCl.O=S(=O)(Cl)c1cccc(C(F)(F)F)c1.O=S(=O)(Nc1ccc(O)cc1-c1ncco1)c1cccc(C(F)(F)F)c1. The van der Waals surface area contributed by atoms with Crippen LogP contribution in [0.25, 0.3) is 22.9 Å². The molecule has 0 amide bonds. The predicted octanol–water partition coefficient (Wildman–Crippen LogP) is 18.4. The Balaban J connectivity index is 0.000000294. The van der Waals surface area contributed by atoms with Crippen molar-refractivity contribution in [3.8, 4) is 45.9 Å². The van der Waals surface area contributed by atoms with Crippen molar-refractivity contribution in [2.45, 2.75) is 44.3 Å². The maximum Gasteiger partial charge on any atom is 0.416 e. The fourth-order valence-electron chi connectivity index (χ4n) is 8.15. The van der Waals surface area contributed by atoms with Gasteiger partial charge in [0.1, 0.15) is 35.5 Å². The molecule has 24 nitrogen and oxygen atoms in total. The van der Waals surface area contributed by atoms with Crippen molar-refractivity contribution in [2.75, 3.05) is 46.6 Å². The molecule has 0 bridgehead atoms. The molecular weight excluding hydrogens is 1850 g/mol. The first-order valence-corrected chi connectivity index (χ1v) is 39.7. The van der Waals surface area contributed by atoms with Crippen molar-refractivity contribution in [1.29, 1.82) is 0 Å². The average Bonchev–Trinajstić information content (AvgIpc) is 1.25. The number of nitrogens with one attached hydrogen (secondary N) is 3. The molecule has 0 spiro atoms. The van der Waals surface area contributed by atoms with Gasteiger partial charge in [0.2, 0.25) is 11.8 Å². The summed E-state index contributed by atoms with van der Waals surface area (Å²) in [5.41, 5.74) is 1.15. The predicted molar refractivity (Wildman–Crippen MR) is 397 cm³/mol. The molecule has 2 aromatic heterocycles. The third kappa shape index (κ3) is 29.8.